The van der Waals surface area contributed by atoms with Gasteiger partial charge >= 0.3 is 0 Å². The number of amides is 1. The van der Waals surface area contributed by atoms with Crippen molar-refractivity contribution >= 4 is 33.2 Å². The molecule has 0 saturated carbocycles. The molecule has 0 unspecified atom stereocenters. The van der Waals surface area contributed by atoms with Crippen molar-refractivity contribution in [3.05, 3.63) is 52.5 Å². The van der Waals surface area contributed by atoms with Crippen LogP contribution in [0.3, 0.4) is 0 Å². The molecule has 0 radical (unpaired) electrons. The van der Waals surface area contributed by atoms with Crippen LogP contribution in [0.25, 0.3) is 0 Å². The first kappa shape index (κ1) is 15.4. The van der Waals surface area contributed by atoms with Crippen LogP contribution < -0.4 is 15.8 Å². The molecular formula is C16H17BrN2O2. The molecule has 2 aromatic carbocycles. The van der Waals surface area contributed by atoms with Crippen molar-refractivity contribution in [3.8, 4) is 5.75 Å². The topological polar surface area (TPSA) is 64.3 Å². The Kier molecular flexibility index (Phi) is 4.85. The third-order valence-corrected chi connectivity index (χ3v) is 3.42. The molecule has 2 aromatic rings. The molecule has 2 rings (SSSR count). The van der Waals surface area contributed by atoms with E-state index in [4.69, 9.17) is 10.5 Å². The Morgan fingerprint density at radius 2 is 1.95 bits per heavy atom. The number of carbonyl (C=O) groups is 1. The number of carbonyl (C=O) groups excluding carboxylic acids is 1. The van der Waals surface area contributed by atoms with Crippen LogP contribution in [0.15, 0.2) is 46.9 Å². The highest BCUT2D eigenvalue weighted by atomic mass is 79.9. The van der Waals surface area contributed by atoms with Crippen LogP contribution in [0.5, 0.6) is 5.75 Å². The number of nitrogen functional groups attached to an aromatic ring is 1. The van der Waals surface area contributed by atoms with Gasteiger partial charge in [-0.15, -0.1) is 0 Å². The third kappa shape index (κ3) is 3.98. The van der Waals surface area contributed by atoms with E-state index in [0.717, 1.165) is 0 Å². The molecule has 0 spiro atoms. The molecule has 0 fully saturated rings. The smallest absolute Gasteiger partial charge is 0.256 e. The molecule has 110 valence electrons. The number of halogens is 1. The van der Waals surface area contributed by atoms with Crippen molar-refractivity contribution < 1.29 is 9.53 Å². The van der Waals surface area contributed by atoms with Gasteiger partial charge in [-0.1, -0.05) is 12.1 Å². The monoisotopic (exact) mass is 348 g/mol. The SMILES string of the molecule is CC(C)Oc1ccccc1NC(=O)c1cc(N)ccc1Br. The Balaban J connectivity index is 2.25. The average molecular weight is 349 g/mol. The van der Waals surface area contributed by atoms with Gasteiger partial charge in [-0.2, -0.15) is 0 Å². The van der Waals surface area contributed by atoms with Gasteiger partial charge in [-0.05, 0) is 60.1 Å². The second-order valence-electron chi connectivity index (χ2n) is 4.86. The Morgan fingerprint density at radius 1 is 1.24 bits per heavy atom. The summed E-state index contributed by atoms with van der Waals surface area (Å²) in [6, 6.07) is 12.4. The van der Waals surface area contributed by atoms with Crippen LogP contribution in [-0.2, 0) is 0 Å². The summed E-state index contributed by atoms with van der Waals surface area (Å²) in [5.41, 5.74) is 7.38. The van der Waals surface area contributed by atoms with Gasteiger partial charge in [0.1, 0.15) is 5.75 Å². The molecule has 0 aromatic heterocycles. The maximum atomic E-state index is 12.4. The van der Waals surface area contributed by atoms with Crippen molar-refractivity contribution in [1.29, 1.82) is 0 Å². The molecule has 0 aliphatic rings. The van der Waals surface area contributed by atoms with Gasteiger partial charge in [0.2, 0.25) is 0 Å². The first-order chi connectivity index (χ1) is 9.97. The number of anilines is 2. The second-order valence-corrected chi connectivity index (χ2v) is 5.71. The number of rotatable bonds is 4. The van der Waals surface area contributed by atoms with E-state index >= 15 is 0 Å². The molecule has 0 atom stereocenters. The summed E-state index contributed by atoms with van der Waals surface area (Å²) in [5, 5.41) is 2.85. The molecule has 0 bridgehead atoms. The first-order valence-electron chi connectivity index (χ1n) is 6.59. The fourth-order valence-electron chi connectivity index (χ4n) is 1.83. The zero-order valence-corrected chi connectivity index (χ0v) is 13.5. The minimum absolute atomic E-state index is 0.0298. The minimum atomic E-state index is -0.242. The Hall–Kier alpha value is -2.01. The fraction of sp³-hybridized carbons (Fsp3) is 0.188. The fourth-order valence-corrected chi connectivity index (χ4v) is 2.26. The number of hydrogen-bond donors (Lipinski definition) is 2. The van der Waals surface area contributed by atoms with Crippen molar-refractivity contribution in [3.63, 3.8) is 0 Å². The minimum Gasteiger partial charge on any atom is -0.489 e. The van der Waals surface area contributed by atoms with Crippen LogP contribution in [0, 0.1) is 0 Å². The molecule has 5 heteroatoms. The number of nitrogens with two attached hydrogens (primary N) is 1. The lowest BCUT2D eigenvalue weighted by atomic mass is 10.2. The van der Waals surface area contributed by atoms with Gasteiger partial charge in [0.25, 0.3) is 5.91 Å². The van der Waals surface area contributed by atoms with Gasteiger partial charge in [0.15, 0.2) is 0 Å². The van der Waals surface area contributed by atoms with Crippen molar-refractivity contribution in [2.24, 2.45) is 0 Å². The van der Waals surface area contributed by atoms with E-state index < -0.39 is 0 Å². The van der Waals surface area contributed by atoms with Crippen molar-refractivity contribution in [2.75, 3.05) is 11.1 Å². The molecule has 1 amide bonds. The normalized spacial score (nSPS) is 10.5. The zero-order chi connectivity index (χ0) is 15.4. The molecule has 0 aliphatic carbocycles. The molecule has 0 saturated heterocycles. The van der Waals surface area contributed by atoms with Gasteiger partial charge in [-0.3, -0.25) is 4.79 Å². The predicted molar refractivity (Wildman–Crippen MR) is 88.7 cm³/mol. The largest absolute Gasteiger partial charge is 0.489 e. The lowest BCUT2D eigenvalue weighted by molar-refractivity contribution is 0.102. The second kappa shape index (κ2) is 6.63. The van der Waals surface area contributed by atoms with E-state index in [-0.39, 0.29) is 12.0 Å². The Morgan fingerprint density at radius 3 is 2.67 bits per heavy atom. The van der Waals surface area contributed by atoms with E-state index in [2.05, 4.69) is 21.2 Å². The van der Waals surface area contributed by atoms with Gasteiger partial charge < -0.3 is 15.8 Å². The third-order valence-electron chi connectivity index (χ3n) is 2.73. The van der Waals surface area contributed by atoms with E-state index in [1.807, 2.05) is 32.0 Å². The quantitative estimate of drug-likeness (QED) is 0.818. The van der Waals surface area contributed by atoms with E-state index in [1.165, 1.54) is 0 Å². The molecular weight excluding hydrogens is 332 g/mol. The van der Waals surface area contributed by atoms with Crippen molar-refractivity contribution in [2.45, 2.75) is 20.0 Å². The summed E-state index contributed by atoms with van der Waals surface area (Å²) >= 11 is 3.36. The lowest BCUT2D eigenvalue weighted by Gasteiger charge is -2.15. The lowest BCUT2D eigenvalue weighted by Crippen LogP contribution is -2.15. The molecule has 0 aliphatic heterocycles. The number of nitrogens with one attached hydrogen (secondary N) is 1. The predicted octanol–water partition coefficient (Wildman–Crippen LogP) is 4.07. The summed E-state index contributed by atoms with van der Waals surface area (Å²) in [4.78, 5) is 12.4. The van der Waals surface area contributed by atoms with Crippen LogP contribution >= 0.6 is 15.9 Å². The highest BCUT2D eigenvalue weighted by molar-refractivity contribution is 9.10. The summed E-state index contributed by atoms with van der Waals surface area (Å²) in [6.07, 6.45) is 0.0298. The van der Waals surface area contributed by atoms with E-state index in [0.29, 0.717) is 27.2 Å². The molecule has 21 heavy (non-hydrogen) atoms. The highest BCUT2D eigenvalue weighted by Gasteiger charge is 2.13. The van der Waals surface area contributed by atoms with Crippen LogP contribution in [0.1, 0.15) is 24.2 Å². The van der Waals surface area contributed by atoms with Crippen molar-refractivity contribution in [1.82, 2.24) is 0 Å². The number of ether oxygens (including phenoxy) is 1. The van der Waals surface area contributed by atoms with Gasteiger partial charge in [-0.25, -0.2) is 0 Å². The van der Waals surface area contributed by atoms with Crippen LogP contribution in [-0.4, -0.2) is 12.0 Å². The standard InChI is InChI=1S/C16H17BrN2O2/c1-10(2)21-15-6-4-3-5-14(15)19-16(20)12-9-11(18)7-8-13(12)17/h3-10H,18H2,1-2H3,(H,19,20). The molecule has 4 nitrogen and oxygen atoms in total. The zero-order valence-electron chi connectivity index (χ0n) is 11.9. The number of benzene rings is 2. The maximum Gasteiger partial charge on any atom is 0.256 e. The summed E-state index contributed by atoms with van der Waals surface area (Å²) in [6.45, 7) is 3.88. The summed E-state index contributed by atoms with van der Waals surface area (Å²) < 4.78 is 6.38. The summed E-state index contributed by atoms with van der Waals surface area (Å²) in [7, 11) is 0. The Labute approximate surface area is 132 Å². The van der Waals surface area contributed by atoms with Gasteiger partial charge in [0, 0.05) is 10.2 Å². The average Bonchev–Trinajstić information content (AvgIpc) is 2.43. The first-order valence-corrected chi connectivity index (χ1v) is 7.38. The van der Waals surface area contributed by atoms with Gasteiger partial charge in [0.05, 0.1) is 17.4 Å². The molecule has 0 heterocycles. The highest BCUT2D eigenvalue weighted by Crippen LogP contribution is 2.27. The maximum absolute atomic E-state index is 12.4. The number of hydrogen-bond acceptors (Lipinski definition) is 3. The summed E-state index contributed by atoms with van der Waals surface area (Å²) in [5.74, 6) is 0.398. The molecule has 3 N–H and O–H groups in total. The van der Waals surface area contributed by atoms with E-state index in [1.54, 1.807) is 24.3 Å². The van der Waals surface area contributed by atoms with Crippen LogP contribution in [0.4, 0.5) is 11.4 Å². The Bertz CT molecular complexity index is 656. The van der Waals surface area contributed by atoms with Crippen LogP contribution in [0.2, 0.25) is 0 Å². The van der Waals surface area contributed by atoms with E-state index in [9.17, 15) is 4.79 Å². The number of para-hydroxylation sites is 2.